The maximum atomic E-state index is 12.6. The summed E-state index contributed by atoms with van der Waals surface area (Å²) in [4.78, 5) is 25.3. The normalized spacial score (nSPS) is 19.0. The molecule has 1 heterocycles. The number of nitrogens with zero attached hydrogens (tertiary/aromatic N) is 1. The third-order valence-electron chi connectivity index (χ3n) is 4.35. The van der Waals surface area contributed by atoms with Crippen LogP contribution in [0.5, 0.6) is 0 Å². The summed E-state index contributed by atoms with van der Waals surface area (Å²) in [5, 5.41) is 0. The zero-order valence-electron chi connectivity index (χ0n) is 14.0. The Morgan fingerprint density at radius 2 is 1.88 bits per heavy atom. The van der Waals surface area contributed by atoms with E-state index in [1.807, 2.05) is 0 Å². The van der Waals surface area contributed by atoms with Gasteiger partial charge in [-0.15, -0.1) is 0 Å². The van der Waals surface area contributed by atoms with Gasteiger partial charge in [0.15, 0.2) is 0 Å². The molecule has 2 rings (SSSR count). The van der Waals surface area contributed by atoms with Crippen LogP contribution in [0.15, 0.2) is 30.3 Å². The minimum Gasteiger partial charge on any atom is -0.370 e. The van der Waals surface area contributed by atoms with Gasteiger partial charge in [0, 0.05) is 25.1 Å². The molecule has 1 unspecified atom stereocenters. The van der Waals surface area contributed by atoms with Gasteiger partial charge in [0.2, 0.25) is 11.8 Å². The zero-order valence-corrected chi connectivity index (χ0v) is 14.0. The lowest BCUT2D eigenvalue weighted by Gasteiger charge is -2.34. The molecule has 1 aliphatic heterocycles. The summed E-state index contributed by atoms with van der Waals surface area (Å²) in [6, 6.07) is 4.47. The molecule has 1 aliphatic rings. The number of halogens is 3. The number of alkyl halides is 3. The minimum absolute atomic E-state index is 0.124. The van der Waals surface area contributed by atoms with E-state index in [1.165, 1.54) is 18.2 Å². The van der Waals surface area contributed by atoms with E-state index in [4.69, 9.17) is 5.73 Å². The minimum atomic E-state index is -4.39. The van der Waals surface area contributed by atoms with Gasteiger partial charge < -0.3 is 10.6 Å². The molecule has 1 aromatic carbocycles. The molecule has 25 heavy (non-hydrogen) atoms. The van der Waals surface area contributed by atoms with Gasteiger partial charge in [-0.05, 0) is 49.5 Å². The smallest absolute Gasteiger partial charge is 0.370 e. The number of benzene rings is 1. The number of hydrogen-bond donors (Lipinski definition) is 1. The third kappa shape index (κ3) is 5.08. The van der Waals surface area contributed by atoms with E-state index in [9.17, 15) is 22.8 Å². The molecule has 2 amide bonds. The molecule has 1 fully saturated rings. The maximum Gasteiger partial charge on any atom is 0.416 e. The second kappa shape index (κ2) is 7.72. The fraction of sp³-hybridized carbons (Fsp3) is 0.444. The second-order valence-electron chi connectivity index (χ2n) is 6.25. The number of carbonyl (C=O) groups excluding carboxylic acids is 2. The Kier molecular flexibility index (Phi) is 5.87. The number of primary amides is 1. The van der Waals surface area contributed by atoms with E-state index >= 15 is 0 Å². The van der Waals surface area contributed by atoms with Crippen LogP contribution >= 0.6 is 0 Å². The molecule has 1 aromatic rings. The van der Waals surface area contributed by atoms with Crippen LogP contribution in [0.1, 0.15) is 43.7 Å². The van der Waals surface area contributed by atoms with Gasteiger partial charge in [0.25, 0.3) is 0 Å². The fourth-order valence-corrected chi connectivity index (χ4v) is 3.01. The summed E-state index contributed by atoms with van der Waals surface area (Å²) in [5.41, 5.74) is 5.63. The Bertz CT molecular complexity index is 666. The van der Waals surface area contributed by atoms with Gasteiger partial charge in [0.05, 0.1) is 5.56 Å². The van der Waals surface area contributed by atoms with Crippen molar-refractivity contribution in [3.05, 3.63) is 41.5 Å². The fourth-order valence-electron chi connectivity index (χ4n) is 3.01. The average molecular weight is 354 g/mol. The van der Waals surface area contributed by atoms with Crippen molar-refractivity contribution >= 4 is 17.4 Å². The number of nitrogens with two attached hydrogens (primary N) is 1. The predicted octanol–water partition coefficient (Wildman–Crippen LogP) is 3.37. The summed E-state index contributed by atoms with van der Waals surface area (Å²) >= 11 is 0. The van der Waals surface area contributed by atoms with Crippen LogP contribution in [0.4, 0.5) is 13.2 Å². The number of rotatable bonds is 4. The summed E-state index contributed by atoms with van der Waals surface area (Å²) in [5.74, 6) is -0.698. The van der Waals surface area contributed by atoms with Gasteiger partial charge in [-0.3, -0.25) is 9.59 Å². The Balaban J connectivity index is 2.14. The highest BCUT2D eigenvalue weighted by Crippen LogP contribution is 2.30. The van der Waals surface area contributed by atoms with E-state index < -0.39 is 17.6 Å². The molecule has 136 valence electrons. The Morgan fingerprint density at radius 1 is 1.24 bits per heavy atom. The van der Waals surface area contributed by atoms with Crippen molar-refractivity contribution < 1.29 is 22.8 Å². The number of amides is 2. The number of likely N-dealkylation sites (tertiary alicyclic amines) is 1. The van der Waals surface area contributed by atoms with Crippen LogP contribution < -0.4 is 5.73 Å². The molecule has 0 aromatic heterocycles. The molecule has 7 heteroatoms. The summed E-state index contributed by atoms with van der Waals surface area (Å²) in [6.07, 6.45) is -0.345. The third-order valence-corrected chi connectivity index (χ3v) is 4.35. The van der Waals surface area contributed by atoms with Crippen LogP contribution in [0.2, 0.25) is 0 Å². The van der Waals surface area contributed by atoms with Gasteiger partial charge in [-0.1, -0.05) is 12.1 Å². The van der Waals surface area contributed by atoms with Gasteiger partial charge >= 0.3 is 6.18 Å². The largest absolute Gasteiger partial charge is 0.416 e. The van der Waals surface area contributed by atoms with Crippen LogP contribution in [0.25, 0.3) is 5.57 Å². The van der Waals surface area contributed by atoms with Crippen molar-refractivity contribution in [3.63, 3.8) is 0 Å². The molecule has 0 radical (unpaired) electrons. The first-order valence-corrected chi connectivity index (χ1v) is 8.13. The molecule has 0 spiro atoms. The van der Waals surface area contributed by atoms with Crippen LogP contribution in [-0.4, -0.2) is 29.3 Å². The lowest BCUT2D eigenvalue weighted by molar-refractivity contribution is -0.137. The molecule has 0 bridgehead atoms. The number of piperidine rings is 1. The van der Waals surface area contributed by atoms with Crippen molar-refractivity contribution in [2.24, 2.45) is 5.73 Å². The highest BCUT2D eigenvalue weighted by molar-refractivity contribution is 5.95. The van der Waals surface area contributed by atoms with E-state index in [1.54, 1.807) is 11.8 Å². The zero-order chi connectivity index (χ0) is 18.6. The van der Waals surface area contributed by atoms with E-state index in [0.717, 1.165) is 31.4 Å². The number of allylic oxidation sites excluding steroid dienone is 1. The molecular weight excluding hydrogens is 333 g/mol. The summed E-state index contributed by atoms with van der Waals surface area (Å²) < 4.78 is 37.8. The van der Waals surface area contributed by atoms with Crippen molar-refractivity contribution in [3.8, 4) is 0 Å². The lowest BCUT2D eigenvalue weighted by Crippen LogP contribution is -2.44. The number of carbonyl (C=O) groups is 2. The van der Waals surface area contributed by atoms with E-state index in [2.05, 4.69) is 0 Å². The highest BCUT2D eigenvalue weighted by Gasteiger charge is 2.30. The standard InChI is InChI=1S/C18H21F3N2O2/c1-12(13-5-7-14(8-6-13)18(19,20)21)10-17(25)23-9-3-2-4-15(23)11-16(22)24/h5-8,10,15H,2-4,9,11H2,1H3,(H2,22,24). The topological polar surface area (TPSA) is 63.4 Å². The van der Waals surface area contributed by atoms with Gasteiger partial charge in [-0.2, -0.15) is 13.2 Å². The molecule has 0 saturated carbocycles. The highest BCUT2D eigenvalue weighted by atomic mass is 19.4. The SMILES string of the molecule is CC(=CC(=O)N1CCCCC1CC(N)=O)c1ccc(C(F)(F)F)cc1. The van der Waals surface area contributed by atoms with Gasteiger partial charge in [-0.25, -0.2) is 0 Å². The van der Waals surface area contributed by atoms with Crippen LogP contribution in [0, 0.1) is 0 Å². The molecular formula is C18H21F3N2O2. The van der Waals surface area contributed by atoms with Crippen LogP contribution in [-0.2, 0) is 15.8 Å². The van der Waals surface area contributed by atoms with Gasteiger partial charge in [0.1, 0.15) is 0 Å². The first-order chi connectivity index (χ1) is 11.7. The summed E-state index contributed by atoms with van der Waals surface area (Å²) in [7, 11) is 0. The summed E-state index contributed by atoms with van der Waals surface area (Å²) in [6.45, 7) is 2.22. The van der Waals surface area contributed by atoms with Crippen molar-refractivity contribution in [1.82, 2.24) is 4.90 Å². The Hall–Kier alpha value is -2.31. The van der Waals surface area contributed by atoms with E-state index in [0.29, 0.717) is 17.7 Å². The second-order valence-corrected chi connectivity index (χ2v) is 6.25. The van der Waals surface area contributed by atoms with Crippen molar-refractivity contribution in [1.29, 1.82) is 0 Å². The first kappa shape index (κ1) is 19.0. The van der Waals surface area contributed by atoms with Crippen molar-refractivity contribution in [2.45, 2.75) is 44.8 Å². The lowest BCUT2D eigenvalue weighted by atomic mass is 9.98. The molecule has 2 N–H and O–H groups in total. The maximum absolute atomic E-state index is 12.6. The first-order valence-electron chi connectivity index (χ1n) is 8.13. The monoisotopic (exact) mass is 354 g/mol. The Labute approximate surface area is 144 Å². The van der Waals surface area contributed by atoms with Crippen molar-refractivity contribution in [2.75, 3.05) is 6.54 Å². The molecule has 1 atom stereocenters. The number of hydrogen-bond acceptors (Lipinski definition) is 2. The molecule has 4 nitrogen and oxygen atoms in total. The average Bonchev–Trinajstić information content (AvgIpc) is 2.54. The Morgan fingerprint density at radius 3 is 2.44 bits per heavy atom. The van der Waals surface area contributed by atoms with Crippen LogP contribution in [0.3, 0.4) is 0 Å². The predicted molar refractivity (Wildman–Crippen MR) is 88.3 cm³/mol. The molecule has 0 aliphatic carbocycles. The van der Waals surface area contributed by atoms with E-state index in [-0.39, 0.29) is 18.4 Å². The molecule has 1 saturated heterocycles. The quantitative estimate of drug-likeness (QED) is 0.843.